The molecule has 1 aromatic carbocycles. The third-order valence-corrected chi connectivity index (χ3v) is 4.83. The predicted molar refractivity (Wildman–Crippen MR) is 81.8 cm³/mol. The van der Waals surface area contributed by atoms with Crippen molar-refractivity contribution in [2.45, 2.75) is 51.2 Å². The van der Waals surface area contributed by atoms with Crippen LogP contribution in [-0.2, 0) is 0 Å². The molecule has 1 fully saturated rings. The fourth-order valence-electron chi connectivity index (χ4n) is 3.87. The maximum Gasteiger partial charge on any atom is 0.124 e. The third kappa shape index (κ3) is 2.45. The van der Waals surface area contributed by atoms with Gasteiger partial charge >= 0.3 is 0 Å². The molecule has 4 atom stereocenters. The van der Waals surface area contributed by atoms with E-state index in [4.69, 9.17) is 10.5 Å². The number of benzene rings is 1. The highest BCUT2D eigenvalue weighted by atomic mass is 16.5. The Morgan fingerprint density at radius 3 is 2.90 bits per heavy atom. The fraction of sp³-hybridized carbons (Fsp3) is 0.647. The first kappa shape index (κ1) is 13.9. The number of piperidine rings is 1. The number of nitrogens with two attached hydrogens (primary N) is 1. The normalized spacial score (nSPS) is 32.2. The Labute approximate surface area is 122 Å². The zero-order valence-electron chi connectivity index (χ0n) is 12.6. The number of hydrogen-bond donors (Lipinski definition) is 1. The van der Waals surface area contributed by atoms with Gasteiger partial charge in [0.2, 0.25) is 0 Å². The summed E-state index contributed by atoms with van der Waals surface area (Å²) >= 11 is 0. The van der Waals surface area contributed by atoms with E-state index in [1.54, 1.807) is 0 Å². The Balaban J connectivity index is 1.94. The van der Waals surface area contributed by atoms with E-state index >= 15 is 0 Å². The number of likely N-dealkylation sites (tertiary alicyclic amines) is 1. The lowest BCUT2D eigenvalue weighted by atomic mass is 9.86. The average Bonchev–Trinajstić information content (AvgIpc) is 2.47. The molecule has 0 aromatic heterocycles. The van der Waals surface area contributed by atoms with Crippen LogP contribution in [0.4, 0.5) is 0 Å². The second-order valence-corrected chi connectivity index (χ2v) is 6.43. The minimum Gasteiger partial charge on any atom is -0.493 e. The lowest BCUT2D eigenvalue weighted by Crippen LogP contribution is -2.52. The topological polar surface area (TPSA) is 38.5 Å². The monoisotopic (exact) mass is 274 g/mol. The summed E-state index contributed by atoms with van der Waals surface area (Å²) in [5.74, 6) is 1.58. The summed E-state index contributed by atoms with van der Waals surface area (Å²) in [5, 5.41) is 0. The number of nitrogens with zero attached hydrogens (tertiary/aromatic N) is 1. The van der Waals surface area contributed by atoms with Crippen LogP contribution < -0.4 is 10.5 Å². The first-order valence-corrected chi connectivity index (χ1v) is 7.91. The second-order valence-electron chi connectivity index (χ2n) is 6.43. The molecule has 2 aliphatic rings. The number of fused-ring (bicyclic) bond motifs is 1. The van der Waals surface area contributed by atoms with E-state index in [2.05, 4.69) is 43.0 Å². The van der Waals surface area contributed by atoms with Gasteiger partial charge in [0.05, 0.1) is 6.61 Å². The molecule has 20 heavy (non-hydrogen) atoms. The molecular weight excluding hydrogens is 248 g/mol. The van der Waals surface area contributed by atoms with E-state index in [0.717, 1.165) is 18.9 Å². The molecule has 2 N–H and O–H groups in total. The van der Waals surface area contributed by atoms with Gasteiger partial charge in [0.15, 0.2) is 0 Å². The summed E-state index contributed by atoms with van der Waals surface area (Å²) in [6, 6.07) is 9.70. The smallest absolute Gasteiger partial charge is 0.124 e. The number of para-hydroxylation sites is 1. The molecule has 0 saturated carbocycles. The van der Waals surface area contributed by atoms with Gasteiger partial charge in [-0.3, -0.25) is 4.90 Å². The van der Waals surface area contributed by atoms with Crippen molar-refractivity contribution in [3.05, 3.63) is 29.8 Å². The quantitative estimate of drug-likeness (QED) is 0.901. The first-order valence-electron chi connectivity index (χ1n) is 7.91. The van der Waals surface area contributed by atoms with Gasteiger partial charge in [-0.15, -0.1) is 0 Å². The van der Waals surface area contributed by atoms with Crippen molar-refractivity contribution in [2.75, 3.05) is 13.2 Å². The van der Waals surface area contributed by atoms with E-state index in [1.165, 1.54) is 24.8 Å². The first-order chi connectivity index (χ1) is 9.68. The van der Waals surface area contributed by atoms with Gasteiger partial charge in [-0.2, -0.15) is 0 Å². The van der Waals surface area contributed by atoms with Crippen LogP contribution in [0.15, 0.2) is 24.3 Å². The molecule has 0 radical (unpaired) electrons. The van der Waals surface area contributed by atoms with Crippen LogP contribution in [0.2, 0.25) is 0 Å². The Morgan fingerprint density at radius 1 is 1.30 bits per heavy atom. The molecule has 2 aliphatic heterocycles. The summed E-state index contributed by atoms with van der Waals surface area (Å²) < 4.78 is 5.89. The zero-order valence-corrected chi connectivity index (χ0v) is 12.6. The summed E-state index contributed by atoms with van der Waals surface area (Å²) in [7, 11) is 0. The van der Waals surface area contributed by atoms with Gasteiger partial charge in [0.25, 0.3) is 0 Å². The van der Waals surface area contributed by atoms with E-state index < -0.39 is 0 Å². The van der Waals surface area contributed by atoms with Gasteiger partial charge < -0.3 is 10.5 Å². The molecule has 0 spiro atoms. The molecule has 1 aromatic rings. The minimum absolute atomic E-state index is 0.234. The number of hydrogen-bond acceptors (Lipinski definition) is 3. The molecule has 1 saturated heterocycles. The molecular formula is C17H26N2O. The van der Waals surface area contributed by atoms with Crippen LogP contribution in [0.5, 0.6) is 5.75 Å². The molecule has 2 heterocycles. The van der Waals surface area contributed by atoms with Gasteiger partial charge in [-0.25, -0.2) is 0 Å². The highest BCUT2D eigenvalue weighted by Crippen LogP contribution is 2.41. The molecule has 3 rings (SSSR count). The minimum atomic E-state index is 0.234. The van der Waals surface area contributed by atoms with Crippen molar-refractivity contribution in [1.29, 1.82) is 0 Å². The molecule has 3 heteroatoms. The Bertz CT molecular complexity index is 460. The molecule has 0 amide bonds. The molecule has 110 valence electrons. The van der Waals surface area contributed by atoms with E-state index in [-0.39, 0.29) is 6.04 Å². The third-order valence-electron chi connectivity index (χ3n) is 4.83. The molecule has 0 bridgehead atoms. The number of rotatable bonds is 2. The van der Waals surface area contributed by atoms with Gasteiger partial charge in [0, 0.05) is 29.6 Å². The fourth-order valence-corrected chi connectivity index (χ4v) is 3.87. The highest BCUT2D eigenvalue weighted by molar-refractivity contribution is 5.38. The van der Waals surface area contributed by atoms with Crippen molar-refractivity contribution < 1.29 is 4.74 Å². The van der Waals surface area contributed by atoms with E-state index in [9.17, 15) is 0 Å². The highest BCUT2D eigenvalue weighted by Gasteiger charge is 2.38. The van der Waals surface area contributed by atoms with Crippen molar-refractivity contribution in [3.63, 3.8) is 0 Å². The van der Waals surface area contributed by atoms with Gasteiger partial charge in [-0.05, 0) is 32.4 Å². The Morgan fingerprint density at radius 2 is 2.10 bits per heavy atom. The van der Waals surface area contributed by atoms with Crippen molar-refractivity contribution in [2.24, 2.45) is 11.7 Å². The van der Waals surface area contributed by atoms with Gasteiger partial charge in [-0.1, -0.05) is 31.5 Å². The second kappa shape index (κ2) is 5.74. The molecule has 3 nitrogen and oxygen atoms in total. The van der Waals surface area contributed by atoms with Crippen LogP contribution in [0, 0.1) is 5.92 Å². The van der Waals surface area contributed by atoms with Crippen LogP contribution in [0.1, 0.15) is 44.7 Å². The largest absolute Gasteiger partial charge is 0.493 e. The standard InChI is InChI=1S/C17H26N2O/c1-12-11-20-16-9-4-3-7-14(16)17(12)19-10-6-5-8-15(19)13(2)18/h3-4,7,9,12-13,15,17H,5-6,8,10-11,18H2,1-2H3. The SMILES string of the molecule is CC(N)C1CCCCN1C1c2ccccc2OCC1C. The summed E-state index contributed by atoms with van der Waals surface area (Å²) in [4.78, 5) is 2.65. The number of ether oxygens (including phenoxy) is 1. The summed E-state index contributed by atoms with van der Waals surface area (Å²) in [5.41, 5.74) is 7.60. The van der Waals surface area contributed by atoms with Crippen LogP contribution in [0.25, 0.3) is 0 Å². The zero-order chi connectivity index (χ0) is 14.1. The van der Waals surface area contributed by atoms with Crippen molar-refractivity contribution in [1.82, 2.24) is 4.90 Å². The van der Waals surface area contributed by atoms with E-state index in [0.29, 0.717) is 18.0 Å². The Hall–Kier alpha value is -1.06. The van der Waals surface area contributed by atoms with Crippen LogP contribution >= 0.6 is 0 Å². The summed E-state index contributed by atoms with van der Waals surface area (Å²) in [6.07, 6.45) is 3.82. The molecule has 0 aliphatic carbocycles. The van der Waals surface area contributed by atoms with E-state index in [1.807, 2.05) is 0 Å². The lowest BCUT2D eigenvalue weighted by Gasteiger charge is -2.47. The van der Waals surface area contributed by atoms with Crippen molar-refractivity contribution >= 4 is 0 Å². The van der Waals surface area contributed by atoms with Crippen molar-refractivity contribution in [3.8, 4) is 5.75 Å². The van der Waals surface area contributed by atoms with Gasteiger partial charge in [0.1, 0.15) is 5.75 Å². The maximum absolute atomic E-state index is 6.26. The predicted octanol–water partition coefficient (Wildman–Crippen LogP) is 2.96. The lowest BCUT2D eigenvalue weighted by molar-refractivity contribution is 0.0262. The van der Waals surface area contributed by atoms with Crippen LogP contribution in [0.3, 0.4) is 0 Å². The average molecular weight is 274 g/mol. The maximum atomic E-state index is 6.26. The summed E-state index contributed by atoms with van der Waals surface area (Å²) in [6.45, 7) is 6.42. The Kier molecular flexibility index (Phi) is 3.99. The van der Waals surface area contributed by atoms with Crippen LogP contribution in [-0.4, -0.2) is 30.1 Å². The molecule has 4 unspecified atom stereocenters.